The number of nitrogens with zero attached hydrogens (tertiary/aromatic N) is 1. The molecule has 1 aliphatic heterocycles. The molecule has 0 aliphatic carbocycles. The van der Waals surface area contributed by atoms with Crippen LogP contribution in [0.15, 0.2) is 0 Å². The summed E-state index contributed by atoms with van der Waals surface area (Å²) in [6.45, 7) is 1.00. The predicted octanol–water partition coefficient (Wildman–Crippen LogP) is -0.632. The highest BCUT2D eigenvalue weighted by Crippen LogP contribution is 2.16. The van der Waals surface area contributed by atoms with Crippen LogP contribution >= 0.6 is 0 Å². The van der Waals surface area contributed by atoms with E-state index in [-0.39, 0.29) is 24.8 Å². The van der Waals surface area contributed by atoms with Crippen LogP contribution in [0.2, 0.25) is 0 Å². The molecule has 7 nitrogen and oxygen atoms in total. The molecule has 17 heavy (non-hydrogen) atoms. The molecular weight excluding hydrogens is 226 g/mol. The number of aliphatic carboxylic acids is 1. The number of carboxylic acids is 1. The molecule has 3 amide bonds. The Morgan fingerprint density at radius 3 is 2.71 bits per heavy atom. The van der Waals surface area contributed by atoms with Gasteiger partial charge < -0.3 is 21.1 Å². The summed E-state index contributed by atoms with van der Waals surface area (Å²) >= 11 is 0. The SMILES string of the molecule is NC(=O)N1CCCC(C(=O)NCCC(=O)O)C1. The summed E-state index contributed by atoms with van der Waals surface area (Å²) in [6, 6.07) is -0.520. The number of amides is 3. The van der Waals surface area contributed by atoms with Crippen LogP contribution in [0, 0.1) is 5.92 Å². The zero-order valence-corrected chi connectivity index (χ0v) is 9.52. The number of carbonyl (C=O) groups excluding carboxylic acids is 2. The molecule has 0 aromatic heterocycles. The fourth-order valence-electron chi connectivity index (χ4n) is 1.83. The van der Waals surface area contributed by atoms with E-state index >= 15 is 0 Å². The van der Waals surface area contributed by atoms with Crippen LogP contribution in [-0.4, -0.2) is 47.5 Å². The van der Waals surface area contributed by atoms with Crippen molar-refractivity contribution in [3.63, 3.8) is 0 Å². The summed E-state index contributed by atoms with van der Waals surface area (Å²) in [7, 11) is 0. The van der Waals surface area contributed by atoms with E-state index in [0.29, 0.717) is 19.5 Å². The van der Waals surface area contributed by atoms with Gasteiger partial charge in [-0.25, -0.2) is 4.79 Å². The zero-order chi connectivity index (χ0) is 12.8. The van der Waals surface area contributed by atoms with Gasteiger partial charge in [0.2, 0.25) is 5.91 Å². The molecule has 0 aromatic rings. The lowest BCUT2D eigenvalue weighted by molar-refractivity contribution is -0.137. The predicted molar refractivity (Wildman–Crippen MR) is 59.1 cm³/mol. The number of carboxylic acid groups (broad SMARTS) is 1. The minimum Gasteiger partial charge on any atom is -0.481 e. The highest BCUT2D eigenvalue weighted by Gasteiger charge is 2.27. The second kappa shape index (κ2) is 6.07. The summed E-state index contributed by atoms with van der Waals surface area (Å²) in [6.07, 6.45) is 1.33. The van der Waals surface area contributed by atoms with Crippen LogP contribution < -0.4 is 11.1 Å². The Bertz CT molecular complexity index is 319. The molecule has 1 atom stereocenters. The maximum Gasteiger partial charge on any atom is 0.314 e. The molecule has 0 spiro atoms. The molecule has 0 bridgehead atoms. The lowest BCUT2D eigenvalue weighted by atomic mass is 9.97. The maximum absolute atomic E-state index is 11.7. The number of nitrogens with one attached hydrogen (secondary N) is 1. The van der Waals surface area contributed by atoms with E-state index in [0.717, 1.165) is 6.42 Å². The van der Waals surface area contributed by atoms with Crippen molar-refractivity contribution in [2.24, 2.45) is 11.7 Å². The van der Waals surface area contributed by atoms with Crippen LogP contribution in [0.3, 0.4) is 0 Å². The topological polar surface area (TPSA) is 113 Å². The van der Waals surface area contributed by atoms with E-state index in [1.165, 1.54) is 4.90 Å². The number of hydrogen-bond acceptors (Lipinski definition) is 3. The van der Waals surface area contributed by atoms with Crippen molar-refractivity contribution in [1.29, 1.82) is 0 Å². The van der Waals surface area contributed by atoms with Gasteiger partial charge in [-0.3, -0.25) is 9.59 Å². The van der Waals surface area contributed by atoms with Gasteiger partial charge in [0.15, 0.2) is 0 Å². The first kappa shape index (κ1) is 13.3. The summed E-state index contributed by atoms with van der Waals surface area (Å²) < 4.78 is 0. The average Bonchev–Trinajstić information content (AvgIpc) is 2.28. The third kappa shape index (κ3) is 4.29. The van der Waals surface area contributed by atoms with Crippen LogP contribution in [0.5, 0.6) is 0 Å². The molecule has 1 saturated heterocycles. The zero-order valence-electron chi connectivity index (χ0n) is 9.52. The van der Waals surface area contributed by atoms with Crippen LogP contribution in [0.1, 0.15) is 19.3 Å². The van der Waals surface area contributed by atoms with Crippen molar-refractivity contribution in [3.8, 4) is 0 Å². The molecule has 96 valence electrons. The number of piperidine rings is 1. The number of urea groups is 1. The van der Waals surface area contributed by atoms with Gasteiger partial charge >= 0.3 is 12.0 Å². The molecule has 1 aliphatic rings. The van der Waals surface area contributed by atoms with Gasteiger partial charge in [-0.15, -0.1) is 0 Å². The van der Waals surface area contributed by atoms with Crippen LogP contribution in [0.4, 0.5) is 4.79 Å². The van der Waals surface area contributed by atoms with Gasteiger partial charge in [-0.2, -0.15) is 0 Å². The van der Waals surface area contributed by atoms with Gasteiger partial charge in [0.1, 0.15) is 0 Å². The highest BCUT2D eigenvalue weighted by atomic mass is 16.4. The Balaban J connectivity index is 2.35. The van der Waals surface area contributed by atoms with E-state index in [4.69, 9.17) is 10.8 Å². The van der Waals surface area contributed by atoms with Gasteiger partial charge in [-0.05, 0) is 12.8 Å². The smallest absolute Gasteiger partial charge is 0.314 e. The molecule has 1 fully saturated rings. The van der Waals surface area contributed by atoms with Crippen molar-refractivity contribution in [3.05, 3.63) is 0 Å². The van der Waals surface area contributed by atoms with Crippen molar-refractivity contribution in [1.82, 2.24) is 10.2 Å². The molecule has 1 rings (SSSR count). The van der Waals surface area contributed by atoms with Gasteiger partial charge in [-0.1, -0.05) is 0 Å². The number of nitrogens with two attached hydrogens (primary N) is 1. The molecular formula is C10H17N3O4. The van der Waals surface area contributed by atoms with E-state index < -0.39 is 12.0 Å². The average molecular weight is 243 g/mol. The summed E-state index contributed by atoms with van der Waals surface area (Å²) in [4.78, 5) is 34.3. The van der Waals surface area contributed by atoms with Gasteiger partial charge in [0.25, 0.3) is 0 Å². The number of primary amides is 1. The Labute approximate surface area is 98.9 Å². The first-order valence-corrected chi connectivity index (χ1v) is 5.54. The monoisotopic (exact) mass is 243 g/mol. The largest absolute Gasteiger partial charge is 0.481 e. The minimum absolute atomic E-state index is 0.0992. The Morgan fingerprint density at radius 2 is 2.12 bits per heavy atom. The van der Waals surface area contributed by atoms with E-state index in [9.17, 15) is 14.4 Å². The fourth-order valence-corrected chi connectivity index (χ4v) is 1.83. The second-order valence-corrected chi connectivity index (χ2v) is 4.06. The Hall–Kier alpha value is -1.79. The first-order chi connectivity index (χ1) is 8.00. The number of likely N-dealkylation sites (tertiary alicyclic amines) is 1. The lowest BCUT2D eigenvalue weighted by Crippen LogP contribution is -2.47. The van der Waals surface area contributed by atoms with E-state index in [2.05, 4.69) is 5.32 Å². The summed E-state index contributed by atoms with van der Waals surface area (Å²) in [5, 5.41) is 11.0. The van der Waals surface area contributed by atoms with Gasteiger partial charge in [0.05, 0.1) is 12.3 Å². The fraction of sp³-hybridized carbons (Fsp3) is 0.700. The summed E-state index contributed by atoms with van der Waals surface area (Å²) in [5.41, 5.74) is 5.15. The van der Waals surface area contributed by atoms with E-state index in [1.54, 1.807) is 0 Å². The van der Waals surface area contributed by atoms with Crippen LogP contribution in [-0.2, 0) is 9.59 Å². The van der Waals surface area contributed by atoms with Gasteiger partial charge in [0, 0.05) is 19.6 Å². The number of carbonyl (C=O) groups is 3. The van der Waals surface area contributed by atoms with Crippen molar-refractivity contribution in [2.75, 3.05) is 19.6 Å². The second-order valence-electron chi connectivity index (χ2n) is 4.06. The molecule has 7 heteroatoms. The number of rotatable bonds is 4. The first-order valence-electron chi connectivity index (χ1n) is 5.54. The van der Waals surface area contributed by atoms with Crippen molar-refractivity contribution >= 4 is 17.9 Å². The molecule has 0 saturated carbocycles. The third-order valence-corrected chi connectivity index (χ3v) is 2.74. The molecule has 1 unspecified atom stereocenters. The number of hydrogen-bond donors (Lipinski definition) is 3. The Morgan fingerprint density at radius 1 is 1.41 bits per heavy atom. The minimum atomic E-state index is -0.951. The highest BCUT2D eigenvalue weighted by molar-refractivity contribution is 5.80. The molecule has 4 N–H and O–H groups in total. The van der Waals surface area contributed by atoms with Crippen molar-refractivity contribution < 1.29 is 19.5 Å². The quantitative estimate of drug-likeness (QED) is 0.610. The lowest BCUT2D eigenvalue weighted by Gasteiger charge is -2.30. The molecule has 0 radical (unpaired) electrons. The Kier molecular flexibility index (Phi) is 4.74. The molecule has 0 aromatic carbocycles. The normalized spacial score (nSPS) is 19.8. The third-order valence-electron chi connectivity index (χ3n) is 2.74. The maximum atomic E-state index is 11.7. The standard InChI is InChI=1S/C10H17N3O4/c11-10(17)13-5-1-2-7(6-13)9(16)12-4-3-8(14)15/h7H,1-6H2,(H2,11,17)(H,12,16)(H,14,15). The molecule has 1 heterocycles. The van der Waals surface area contributed by atoms with Crippen LogP contribution in [0.25, 0.3) is 0 Å². The summed E-state index contributed by atoms with van der Waals surface area (Å²) in [5.74, 6) is -1.45. The van der Waals surface area contributed by atoms with E-state index in [1.807, 2.05) is 0 Å². The van der Waals surface area contributed by atoms with Crippen molar-refractivity contribution in [2.45, 2.75) is 19.3 Å².